The van der Waals surface area contributed by atoms with Crippen LogP contribution in [0.25, 0.3) is 0 Å². The van der Waals surface area contributed by atoms with Crippen LogP contribution in [-0.2, 0) is 11.4 Å². The Labute approximate surface area is 124 Å². The molecule has 0 saturated heterocycles. The van der Waals surface area contributed by atoms with E-state index in [-0.39, 0.29) is 5.75 Å². The van der Waals surface area contributed by atoms with Crippen LogP contribution in [0.2, 0.25) is 0 Å². The monoisotopic (exact) mass is 322 g/mol. The molecule has 0 aromatic carbocycles. The number of hydrogen-bond acceptors (Lipinski definition) is 4. The lowest BCUT2D eigenvalue weighted by Gasteiger charge is -2.17. The third-order valence-corrected chi connectivity index (χ3v) is 3.62. The summed E-state index contributed by atoms with van der Waals surface area (Å²) in [5.74, 6) is 0.0569. The highest BCUT2D eigenvalue weighted by Crippen LogP contribution is 2.21. The molecule has 0 fully saturated rings. The molecule has 1 aromatic rings. The lowest BCUT2D eigenvalue weighted by molar-refractivity contribution is -0.153. The Bertz CT molecular complexity index is 513. The molecule has 21 heavy (non-hydrogen) atoms. The minimum atomic E-state index is -4.39. The van der Waals surface area contributed by atoms with E-state index in [0.717, 1.165) is 0 Å². The van der Waals surface area contributed by atoms with Crippen LogP contribution < -0.4 is 4.74 Å². The van der Waals surface area contributed by atoms with E-state index in [4.69, 9.17) is 0 Å². The van der Waals surface area contributed by atoms with E-state index in [2.05, 4.69) is 14.1 Å². The first-order chi connectivity index (χ1) is 9.49. The number of hydrogen-bond donors (Lipinski definition) is 0. The highest BCUT2D eigenvalue weighted by Gasteiger charge is 2.29. The first kappa shape index (κ1) is 17.8. The van der Waals surface area contributed by atoms with Crippen molar-refractivity contribution in [2.24, 2.45) is 4.40 Å². The summed E-state index contributed by atoms with van der Waals surface area (Å²) in [6, 6.07) is 1.52. The molecule has 0 bridgehead atoms. The Hall–Kier alpha value is -1.28. The lowest BCUT2D eigenvalue weighted by Crippen LogP contribution is -2.25. The molecular formula is C13H17F3N2O2S. The largest absolute Gasteiger partial charge is 0.591 e. The molecule has 0 saturated carbocycles. The molecule has 0 aliphatic heterocycles. The molecule has 4 nitrogen and oxygen atoms in total. The maximum atomic E-state index is 12.1. The topological polar surface area (TPSA) is 57.5 Å². The van der Waals surface area contributed by atoms with Gasteiger partial charge in [0, 0.05) is 0 Å². The summed E-state index contributed by atoms with van der Waals surface area (Å²) in [7, 11) is 0. The first-order valence-electron chi connectivity index (χ1n) is 6.11. The van der Waals surface area contributed by atoms with E-state index in [1.165, 1.54) is 18.5 Å². The van der Waals surface area contributed by atoms with Gasteiger partial charge in [-0.15, -0.1) is 0 Å². The van der Waals surface area contributed by atoms with Gasteiger partial charge < -0.3 is 9.29 Å². The molecule has 0 spiro atoms. The van der Waals surface area contributed by atoms with E-state index in [9.17, 15) is 17.7 Å². The second-order valence-electron chi connectivity index (χ2n) is 5.37. The summed E-state index contributed by atoms with van der Waals surface area (Å²) in [5, 5.41) is 0. The van der Waals surface area contributed by atoms with Crippen LogP contribution in [0.4, 0.5) is 13.2 Å². The number of rotatable bonds is 4. The zero-order valence-electron chi connectivity index (χ0n) is 12.2. The van der Waals surface area contributed by atoms with Gasteiger partial charge in [-0.2, -0.15) is 13.2 Å². The average molecular weight is 322 g/mol. The van der Waals surface area contributed by atoms with Gasteiger partial charge >= 0.3 is 6.18 Å². The lowest BCUT2D eigenvalue weighted by atomic mass is 10.2. The van der Waals surface area contributed by atoms with Gasteiger partial charge in [0.2, 0.25) is 0 Å². The van der Waals surface area contributed by atoms with Crippen molar-refractivity contribution < 1.29 is 22.5 Å². The predicted octanol–water partition coefficient (Wildman–Crippen LogP) is 3.21. The van der Waals surface area contributed by atoms with Crippen molar-refractivity contribution in [3.63, 3.8) is 0 Å². The second kappa shape index (κ2) is 6.65. The molecule has 118 valence electrons. The number of halogens is 3. The Morgan fingerprint density at radius 1 is 1.38 bits per heavy atom. The summed E-state index contributed by atoms with van der Waals surface area (Å²) < 4.78 is 56.0. The van der Waals surface area contributed by atoms with Crippen molar-refractivity contribution in [2.45, 2.75) is 38.6 Å². The highest BCUT2D eigenvalue weighted by molar-refractivity contribution is 7.91. The summed E-state index contributed by atoms with van der Waals surface area (Å²) in [4.78, 5) is 3.92. The summed E-state index contributed by atoms with van der Waals surface area (Å²) in [5.41, 5.74) is 0.904. The third-order valence-electron chi connectivity index (χ3n) is 2.28. The fourth-order valence-electron chi connectivity index (χ4n) is 1.21. The Morgan fingerprint density at radius 2 is 2.00 bits per heavy atom. The molecule has 0 radical (unpaired) electrons. The maximum absolute atomic E-state index is 12.1. The van der Waals surface area contributed by atoms with Gasteiger partial charge in [-0.05, 0) is 39.3 Å². The fraction of sp³-hybridized carbons (Fsp3) is 0.538. The van der Waals surface area contributed by atoms with Crippen LogP contribution in [0.1, 0.15) is 32.0 Å². The van der Waals surface area contributed by atoms with Gasteiger partial charge in [0.25, 0.3) is 0 Å². The quantitative estimate of drug-likeness (QED) is 0.632. The highest BCUT2D eigenvalue weighted by atomic mass is 32.2. The Balaban J connectivity index is 2.77. The number of aromatic nitrogens is 1. The van der Waals surface area contributed by atoms with Crippen molar-refractivity contribution in [1.82, 2.24) is 4.98 Å². The van der Waals surface area contributed by atoms with E-state index in [1.54, 1.807) is 27.7 Å². The minimum absolute atomic E-state index is 0.0569. The van der Waals surface area contributed by atoms with Crippen molar-refractivity contribution in [1.29, 1.82) is 0 Å². The molecule has 0 amide bonds. The number of nitrogens with zero attached hydrogens (tertiary/aromatic N) is 2. The summed E-state index contributed by atoms with van der Waals surface area (Å²) >= 11 is -1.42. The van der Waals surface area contributed by atoms with Crippen LogP contribution >= 0.6 is 0 Å². The molecule has 0 unspecified atom stereocenters. The van der Waals surface area contributed by atoms with Gasteiger partial charge in [-0.25, -0.2) is 0 Å². The molecule has 0 N–H and O–H groups in total. The number of ether oxygens (including phenoxy) is 1. The van der Waals surface area contributed by atoms with Crippen molar-refractivity contribution in [2.75, 3.05) is 6.61 Å². The zero-order chi connectivity index (χ0) is 16.3. The van der Waals surface area contributed by atoms with Gasteiger partial charge in [0.1, 0.15) is 28.1 Å². The third kappa shape index (κ3) is 6.34. The molecule has 0 aliphatic carbocycles. The smallest absolute Gasteiger partial charge is 0.422 e. The van der Waals surface area contributed by atoms with Crippen molar-refractivity contribution in [3.8, 4) is 5.75 Å². The second-order valence-corrected chi connectivity index (χ2v) is 7.31. The molecule has 1 atom stereocenters. The maximum Gasteiger partial charge on any atom is 0.422 e. The zero-order valence-corrected chi connectivity index (χ0v) is 13.0. The first-order valence-corrected chi connectivity index (χ1v) is 7.22. The van der Waals surface area contributed by atoms with E-state index in [1.807, 2.05) is 0 Å². The summed E-state index contributed by atoms with van der Waals surface area (Å²) in [6.45, 7) is 5.59. The molecule has 8 heteroatoms. The SMILES string of the molecule is Cc1cc(/C=N/[S@+]([O-])C(C)(C)C)ncc1OCC(F)(F)F. The fourth-order valence-corrected chi connectivity index (χ4v) is 1.73. The number of pyridine rings is 1. The molecule has 0 aliphatic rings. The summed E-state index contributed by atoms with van der Waals surface area (Å²) in [6.07, 6.45) is -1.86. The predicted molar refractivity (Wildman–Crippen MR) is 76.0 cm³/mol. The van der Waals surface area contributed by atoms with Gasteiger partial charge in [0.15, 0.2) is 6.61 Å². The molecule has 1 heterocycles. The van der Waals surface area contributed by atoms with Gasteiger partial charge in [-0.1, -0.05) is 4.40 Å². The molecule has 1 rings (SSSR count). The average Bonchev–Trinajstić information content (AvgIpc) is 2.32. The van der Waals surface area contributed by atoms with Crippen LogP contribution in [0.3, 0.4) is 0 Å². The van der Waals surface area contributed by atoms with Crippen LogP contribution in [-0.4, -0.2) is 33.3 Å². The van der Waals surface area contributed by atoms with E-state index in [0.29, 0.717) is 11.3 Å². The van der Waals surface area contributed by atoms with Crippen LogP contribution in [0.15, 0.2) is 16.7 Å². The van der Waals surface area contributed by atoms with Crippen LogP contribution in [0, 0.1) is 6.92 Å². The van der Waals surface area contributed by atoms with Crippen molar-refractivity contribution >= 4 is 17.6 Å². The van der Waals surface area contributed by atoms with Crippen LogP contribution in [0.5, 0.6) is 5.75 Å². The number of alkyl halides is 3. The molecular weight excluding hydrogens is 305 g/mol. The minimum Gasteiger partial charge on any atom is -0.591 e. The van der Waals surface area contributed by atoms with E-state index >= 15 is 0 Å². The standard InChI is InChI=1S/C13H17F3N2O2S/c1-9-5-10(6-18-21(19)12(2,3)4)17-7-11(9)20-8-13(14,15)16/h5-7H,8H2,1-4H3/b18-6+/t21-/m1/s1. The van der Waals surface area contributed by atoms with Crippen molar-refractivity contribution in [3.05, 3.63) is 23.5 Å². The normalized spacial score (nSPS) is 14.5. The van der Waals surface area contributed by atoms with Gasteiger partial charge in [0.05, 0.1) is 11.9 Å². The van der Waals surface area contributed by atoms with Gasteiger partial charge in [-0.3, -0.25) is 4.98 Å². The Morgan fingerprint density at radius 3 is 2.48 bits per heavy atom. The van der Waals surface area contributed by atoms with E-state index < -0.39 is 28.9 Å². The molecule has 1 aromatic heterocycles. The Kier molecular flexibility index (Phi) is 5.63. The number of aryl methyl sites for hydroxylation is 1.